The van der Waals surface area contributed by atoms with Crippen molar-refractivity contribution in [2.75, 3.05) is 11.9 Å². The number of nitrogens with zero attached hydrogens (tertiary/aromatic N) is 1. The summed E-state index contributed by atoms with van der Waals surface area (Å²) >= 11 is 0. The summed E-state index contributed by atoms with van der Waals surface area (Å²) in [7, 11) is 0. The van der Waals surface area contributed by atoms with Crippen molar-refractivity contribution in [2.45, 2.75) is 38.1 Å². The Morgan fingerprint density at radius 3 is 2.65 bits per heavy atom. The van der Waals surface area contributed by atoms with Crippen LogP contribution >= 0.6 is 24.0 Å². The van der Waals surface area contributed by atoms with Gasteiger partial charge in [-0.3, -0.25) is 4.79 Å². The Labute approximate surface area is 151 Å². The maximum absolute atomic E-state index is 13.4. The number of benzene rings is 1. The summed E-state index contributed by atoms with van der Waals surface area (Å²) < 4.78 is 26.4. The van der Waals surface area contributed by atoms with Gasteiger partial charge in [-0.2, -0.15) is 0 Å². The number of amides is 1. The number of hydrogen-bond acceptors (Lipinski definition) is 2. The van der Waals surface area contributed by atoms with Crippen molar-refractivity contribution in [3.63, 3.8) is 0 Å². The van der Waals surface area contributed by atoms with Crippen molar-refractivity contribution >= 4 is 41.5 Å². The number of nitrogens with one attached hydrogen (secondary N) is 2. The molecule has 1 saturated carbocycles. The molecule has 0 saturated heterocycles. The SMILES string of the molecule is I.NC(=NCC(=O)NC1CCCCC1)Nc1cc(F)ccc1F. The second kappa shape index (κ2) is 9.64. The van der Waals surface area contributed by atoms with Gasteiger partial charge < -0.3 is 16.4 Å². The topological polar surface area (TPSA) is 79.5 Å². The molecule has 0 spiro atoms. The molecule has 1 aliphatic rings. The number of guanidine groups is 1. The summed E-state index contributed by atoms with van der Waals surface area (Å²) in [6.45, 7) is -0.147. The second-order valence-corrected chi connectivity index (χ2v) is 5.35. The van der Waals surface area contributed by atoms with Crippen molar-refractivity contribution in [2.24, 2.45) is 10.7 Å². The molecule has 8 heteroatoms. The average Bonchev–Trinajstić information content (AvgIpc) is 2.50. The van der Waals surface area contributed by atoms with Gasteiger partial charge >= 0.3 is 0 Å². The standard InChI is InChI=1S/C15H20F2N4O.HI/c16-10-6-7-12(17)13(8-10)21-15(18)19-9-14(22)20-11-4-2-1-3-5-11;/h6-8,11H,1-5,9H2,(H,20,22)(H3,18,19,21);1H. The van der Waals surface area contributed by atoms with E-state index in [9.17, 15) is 13.6 Å². The van der Waals surface area contributed by atoms with E-state index >= 15 is 0 Å². The first kappa shape index (κ1) is 19.6. The minimum absolute atomic E-state index is 0. The molecule has 1 fully saturated rings. The molecular formula is C15H21F2IN4O. The second-order valence-electron chi connectivity index (χ2n) is 5.35. The summed E-state index contributed by atoms with van der Waals surface area (Å²) in [6, 6.07) is 3.16. The molecule has 128 valence electrons. The third-order valence-electron chi connectivity index (χ3n) is 3.55. The van der Waals surface area contributed by atoms with Gasteiger partial charge in [-0.1, -0.05) is 19.3 Å². The first-order chi connectivity index (χ1) is 10.5. The first-order valence-corrected chi connectivity index (χ1v) is 7.36. The molecule has 0 unspecified atom stereocenters. The third-order valence-corrected chi connectivity index (χ3v) is 3.55. The van der Waals surface area contributed by atoms with E-state index in [0.717, 1.165) is 43.9 Å². The summed E-state index contributed by atoms with van der Waals surface area (Å²) in [4.78, 5) is 15.6. The van der Waals surface area contributed by atoms with E-state index in [1.165, 1.54) is 6.42 Å². The largest absolute Gasteiger partial charge is 0.370 e. The maximum atomic E-state index is 13.4. The van der Waals surface area contributed by atoms with Gasteiger partial charge in [0.15, 0.2) is 5.96 Å². The van der Waals surface area contributed by atoms with Crippen LogP contribution in [0.2, 0.25) is 0 Å². The molecular weight excluding hydrogens is 417 g/mol. The molecule has 0 radical (unpaired) electrons. The van der Waals surface area contributed by atoms with Crippen molar-refractivity contribution in [3.8, 4) is 0 Å². The van der Waals surface area contributed by atoms with Crippen LogP contribution in [0.1, 0.15) is 32.1 Å². The van der Waals surface area contributed by atoms with Gasteiger partial charge in [-0.25, -0.2) is 13.8 Å². The molecule has 0 aliphatic heterocycles. The quantitative estimate of drug-likeness (QED) is 0.384. The van der Waals surface area contributed by atoms with Gasteiger partial charge in [0.25, 0.3) is 0 Å². The zero-order chi connectivity index (χ0) is 15.9. The lowest BCUT2D eigenvalue weighted by Gasteiger charge is -2.22. The van der Waals surface area contributed by atoms with Crippen molar-refractivity contribution < 1.29 is 13.6 Å². The van der Waals surface area contributed by atoms with E-state index < -0.39 is 11.6 Å². The van der Waals surface area contributed by atoms with Crippen LogP contribution in [0.25, 0.3) is 0 Å². The fraction of sp³-hybridized carbons (Fsp3) is 0.467. The lowest BCUT2D eigenvalue weighted by Crippen LogP contribution is -2.38. The normalized spacial score (nSPS) is 15.7. The van der Waals surface area contributed by atoms with Gasteiger partial charge in [0.2, 0.25) is 5.91 Å². The molecule has 1 aromatic rings. The highest BCUT2D eigenvalue weighted by Crippen LogP contribution is 2.17. The number of carbonyl (C=O) groups excluding carboxylic acids is 1. The maximum Gasteiger partial charge on any atom is 0.242 e. The van der Waals surface area contributed by atoms with Crippen LogP contribution in [0.5, 0.6) is 0 Å². The number of rotatable bonds is 4. The summed E-state index contributed by atoms with van der Waals surface area (Å²) in [6.07, 6.45) is 5.42. The van der Waals surface area contributed by atoms with Gasteiger partial charge in [0.1, 0.15) is 18.2 Å². The zero-order valence-corrected chi connectivity index (χ0v) is 15.0. The average molecular weight is 438 g/mol. The third kappa shape index (κ3) is 6.67. The van der Waals surface area contributed by atoms with E-state index in [1.54, 1.807) is 0 Å². The smallest absolute Gasteiger partial charge is 0.242 e. The number of aliphatic imine (C=N–C) groups is 1. The Hall–Kier alpha value is -1.45. The monoisotopic (exact) mass is 438 g/mol. The lowest BCUT2D eigenvalue weighted by molar-refractivity contribution is -0.120. The van der Waals surface area contributed by atoms with E-state index in [2.05, 4.69) is 15.6 Å². The molecule has 1 amide bonds. The predicted octanol–water partition coefficient (Wildman–Crippen LogP) is 2.76. The van der Waals surface area contributed by atoms with E-state index in [1.807, 2.05) is 0 Å². The molecule has 0 heterocycles. The van der Waals surface area contributed by atoms with Crippen LogP contribution in [0, 0.1) is 11.6 Å². The number of nitrogens with two attached hydrogens (primary N) is 1. The fourth-order valence-electron chi connectivity index (χ4n) is 2.45. The lowest BCUT2D eigenvalue weighted by atomic mass is 9.95. The van der Waals surface area contributed by atoms with Crippen LogP contribution in [-0.2, 0) is 4.79 Å². The predicted molar refractivity (Wildman–Crippen MR) is 96.9 cm³/mol. The van der Waals surface area contributed by atoms with Crippen LogP contribution < -0.4 is 16.4 Å². The molecule has 0 atom stereocenters. The van der Waals surface area contributed by atoms with Crippen LogP contribution in [0.15, 0.2) is 23.2 Å². The zero-order valence-electron chi connectivity index (χ0n) is 12.6. The molecule has 0 bridgehead atoms. The number of hydrogen-bond donors (Lipinski definition) is 3. The first-order valence-electron chi connectivity index (χ1n) is 7.36. The number of anilines is 1. The minimum atomic E-state index is -0.647. The van der Waals surface area contributed by atoms with Gasteiger partial charge in [-0.15, -0.1) is 24.0 Å². The number of carbonyl (C=O) groups is 1. The van der Waals surface area contributed by atoms with E-state index in [4.69, 9.17) is 5.73 Å². The highest BCUT2D eigenvalue weighted by atomic mass is 127. The Bertz CT molecular complexity index is 562. The van der Waals surface area contributed by atoms with Gasteiger partial charge in [0.05, 0.1) is 5.69 Å². The highest BCUT2D eigenvalue weighted by molar-refractivity contribution is 14.0. The van der Waals surface area contributed by atoms with Crippen LogP contribution in [0.3, 0.4) is 0 Å². The molecule has 0 aromatic heterocycles. The van der Waals surface area contributed by atoms with Crippen LogP contribution in [-0.4, -0.2) is 24.5 Å². The Balaban J connectivity index is 0.00000264. The van der Waals surface area contributed by atoms with Crippen molar-refractivity contribution in [1.29, 1.82) is 0 Å². The molecule has 2 rings (SSSR count). The summed E-state index contributed by atoms with van der Waals surface area (Å²) in [5.74, 6) is -1.60. The number of halogens is 3. The molecule has 5 nitrogen and oxygen atoms in total. The molecule has 23 heavy (non-hydrogen) atoms. The van der Waals surface area contributed by atoms with E-state index in [-0.39, 0.29) is 54.1 Å². The Kier molecular flexibility index (Phi) is 8.21. The summed E-state index contributed by atoms with van der Waals surface area (Å²) in [5.41, 5.74) is 5.46. The highest BCUT2D eigenvalue weighted by Gasteiger charge is 2.15. The summed E-state index contributed by atoms with van der Waals surface area (Å²) in [5, 5.41) is 5.34. The molecule has 1 aromatic carbocycles. The van der Waals surface area contributed by atoms with E-state index in [0.29, 0.717) is 0 Å². The molecule has 4 N–H and O–H groups in total. The minimum Gasteiger partial charge on any atom is -0.370 e. The Morgan fingerprint density at radius 2 is 1.96 bits per heavy atom. The van der Waals surface area contributed by atoms with Gasteiger partial charge in [-0.05, 0) is 25.0 Å². The fourth-order valence-corrected chi connectivity index (χ4v) is 2.45. The van der Waals surface area contributed by atoms with Crippen molar-refractivity contribution in [1.82, 2.24) is 5.32 Å². The molecule has 1 aliphatic carbocycles. The van der Waals surface area contributed by atoms with Gasteiger partial charge in [0, 0.05) is 12.1 Å². The van der Waals surface area contributed by atoms with Crippen LogP contribution in [0.4, 0.5) is 14.5 Å². The van der Waals surface area contributed by atoms with Crippen molar-refractivity contribution in [3.05, 3.63) is 29.8 Å². The Morgan fingerprint density at radius 1 is 1.26 bits per heavy atom.